The summed E-state index contributed by atoms with van der Waals surface area (Å²) < 4.78 is 16.5. The molecule has 0 radical (unpaired) electrons. The number of carbonyl (C=O) groups is 1. The summed E-state index contributed by atoms with van der Waals surface area (Å²) in [7, 11) is 0. The Morgan fingerprint density at radius 2 is 1.86 bits per heavy atom. The number of nitrogens with zero attached hydrogens (tertiary/aromatic N) is 3. The van der Waals surface area contributed by atoms with Crippen molar-refractivity contribution in [2.24, 2.45) is 0 Å². The number of hydrogen-bond donors (Lipinski definition) is 2. The molecule has 3 aromatic rings. The monoisotopic (exact) mass is 503 g/mol. The van der Waals surface area contributed by atoms with Crippen LogP contribution in [0, 0.1) is 11.8 Å². The summed E-state index contributed by atoms with van der Waals surface area (Å²) in [4.78, 5) is 19.0. The number of pyridine rings is 1. The average Bonchev–Trinajstić information content (AvgIpc) is 3.37. The molecule has 2 N–H and O–H groups in total. The zero-order valence-electron chi connectivity index (χ0n) is 21.5. The van der Waals surface area contributed by atoms with Crippen LogP contribution in [0.1, 0.15) is 44.2 Å². The van der Waals surface area contributed by atoms with Crippen LogP contribution in [0.4, 0.5) is 16.3 Å². The van der Waals surface area contributed by atoms with Crippen LogP contribution in [0.25, 0.3) is 0 Å². The molecule has 0 bridgehead atoms. The third kappa shape index (κ3) is 8.34. The molecule has 9 heteroatoms. The van der Waals surface area contributed by atoms with Crippen LogP contribution in [-0.2, 0) is 10.2 Å². The molecule has 2 amide bonds. The minimum atomic E-state index is -0.433. The van der Waals surface area contributed by atoms with Crippen molar-refractivity contribution < 1.29 is 18.8 Å². The molecule has 0 unspecified atom stereocenters. The number of anilines is 2. The zero-order valence-corrected chi connectivity index (χ0v) is 21.5. The van der Waals surface area contributed by atoms with Gasteiger partial charge in [-0.1, -0.05) is 31.8 Å². The molecule has 3 heterocycles. The van der Waals surface area contributed by atoms with Gasteiger partial charge in [-0.15, -0.1) is 0 Å². The van der Waals surface area contributed by atoms with Gasteiger partial charge in [0.05, 0.1) is 31.7 Å². The smallest absolute Gasteiger partial charge is 0.324 e. The van der Waals surface area contributed by atoms with Gasteiger partial charge in [0.1, 0.15) is 17.2 Å². The van der Waals surface area contributed by atoms with Crippen molar-refractivity contribution in [3.63, 3.8) is 0 Å². The van der Waals surface area contributed by atoms with Crippen LogP contribution < -0.4 is 15.4 Å². The second-order valence-electron chi connectivity index (χ2n) is 9.77. The summed E-state index contributed by atoms with van der Waals surface area (Å²) in [5, 5.41) is 9.25. The largest absolute Gasteiger partial charge is 0.494 e. The molecule has 0 saturated carbocycles. The highest BCUT2D eigenvalue weighted by molar-refractivity contribution is 5.99. The molecule has 2 aromatic heterocycles. The second-order valence-corrected chi connectivity index (χ2v) is 9.77. The summed E-state index contributed by atoms with van der Waals surface area (Å²) in [6, 6.07) is 12.5. The van der Waals surface area contributed by atoms with Crippen LogP contribution in [0.5, 0.6) is 5.75 Å². The summed E-state index contributed by atoms with van der Waals surface area (Å²) in [5.41, 5.74) is 1.81. The zero-order chi connectivity index (χ0) is 26.1. The Kier molecular flexibility index (Phi) is 8.77. The molecular weight excluding hydrogens is 470 g/mol. The maximum Gasteiger partial charge on any atom is 0.324 e. The summed E-state index contributed by atoms with van der Waals surface area (Å²) in [5.74, 6) is 8.01. The Morgan fingerprint density at radius 1 is 1.08 bits per heavy atom. The molecule has 194 valence electrons. The summed E-state index contributed by atoms with van der Waals surface area (Å²) >= 11 is 0. The Hall–Kier alpha value is -3.87. The predicted molar refractivity (Wildman–Crippen MR) is 142 cm³/mol. The van der Waals surface area contributed by atoms with E-state index < -0.39 is 6.03 Å². The highest BCUT2D eigenvalue weighted by Crippen LogP contribution is 2.24. The van der Waals surface area contributed by atoms with Crippen molar-refractivity contribution in [1.82, 2.24) is 15.0 Å². The molecule has 0 spiro atoms. The van der Waals surface area contributed by atoms with Gasteiger partial charge in [-0.25, -0.2) is 9.78 Å². The first kappa shape index (κ1) is 26.2. The van der Waals surface area contributed by atoms with Gasteiger partial charge in [0.25, 0.3) is 0 Å². The van der Waals surface area contributed by atoms with Crippen molar-refractivity contribution in [3.8, 4) is 17.6 Å². The molecule has 37 heavy (non-hydrogen) atoms. The fraction of sp³-hybridized carbons (Fsp3) is 0.393. The second kappa shape index (κ2) is 12.4. The Bertz CT molecular complexity index is 1210. The number of rotatable bonds is 7. The van der Waals surface area contributed by atoms with Gasteiger partial charge < -0.3 is 19.3 Å². The van der Waals surface area contributed by atoms with Gasteiger partial charge >= 0.3 is 6.03 Å². The molecule has 0 atom stereocenters. The number of nitrogens with one attached hydrogen (secondary N) is 2. The van der Waals surface area contributed by atoms with E-state index in [0.717, 1.165) is 50.6 Å². The number of amides is 2. The Balaban J connectivity index is 1.21. The molecule has 1 aliphatic rings. The number of urea groups is 1. The van der Waals surface area contributed by atoms with Gasteiger partial charge in [0.2, 0.25) is 0 Å². The van der Waals surface area contributed by atoms with E-state index in [-0.39, 0.29) is 5.41 Å². The van der Waals surface area contributed by atoms with E-state index >= 15 is 0 Å². The molecular formula is C28H33N5O4. The fourth-order valence-electron chi connectivity index (χ4n) is 3.58. The van der Waals surface area contributed by atoms with Crippen molar-refractivity contribution >= 4 is 17.5 Å². The standard InChI is InChI=1S/C28H33N5O4/c1-28(2,3)25-19-26(32-37-25)31-27(34)30-23-10-9-22(29-20-23)8-5-21-6-11-24(12-7-21)36-16-4-13-33-14-17-35-18-15-33/h6-7,9-12,19-20H,4,13-18H2,1-3H3,(H2,30,31,32,34). The van der Waals surface area contributed by atoms with E-state index in [1.807, 2.05) is 45.0 Å². The molecule has 4 rings (SSSR count). The molecule has 0 aliphatic carbocycles. The first-order chi connectivity index (χ1) is 17.8. The lowest BCUT2D eigenvalue weighted by atomic mass is 9.93. The Labute approximate surface area is 217 Å². The van der Waals surface area contributed by atoms with E-state index in [4.69, 9.17) is 14.0 Å². The van der Waals surface area contributed by atoms with Crippen LogP contribution in [0.15, 0.2) is 53.2 Å². The lowest BCUT2D eigenvalue weighted by Gasteiger charge is -2.26. The van der Waals surface area contributed by atoms with E-state index in [9.17, 15) is 4.79 Å². The third-order valence-electron chi connectivity index (χ3n) is 5.69. The van der Waals surface area contributed by atoms with Crippen LogP contribution in [-0.4, -0.2) is 60.5 Å². The SMILES string of the molecule is CC(C)(C)c1cc(NC(=O)Nc2ccc(C#Cc3ccc(OCCCN4CCOCC4)cc3)nc2)no1. The van der Waals surface area contributed by atoms with Gasteiger partial charge in [-0.05, 0) is 48.7 Å². The van der Waals surface area contributed by atoms with Crippen molar-refractivity contribution in [1.29, 1.82) is 0 Å². The van der Waals surface area contributed by atoms with Crippen LogP contribution >= 0.6 is 0 Å². The van der Waals surface area contributed by atoms with E-state index in [0.29, 0.717) is 29.6 Å². The first-order valence-corrected chi connectivity index (χ1v) is 12.4. The van der Waals surface area contributed by atoms with Gasteiger partial charge in [-0.2, -0.15) is 0 Å². The molecule has 1 fully saturated rings. The minimum Gasteiger partial charge on any atom is -0.494 e. The number of aromatic nitrogens is 2. The molecule has 9 nitrogen and oxygen atoms in total. The predicted octanol–water partition coefficient (Wildman–Crippen LogP) is 4.51. The lowest BCUT2D eigenvalue weighted by molar-refractivity contribution is 0.0358. The van der Waals surface area contributed by atoms with E-state index in [1.165, 1.54) is 0 Å². The normalized spacial score (nSPS) is 13.9. The minimum absolute atomic E-state index is 0.191. The Morgan fingerprint density at radius 3 is 2.54 bits per heavy atom. The van der Waals surface area contributed by atoms with Crippen molar-refractivity contribution in [2.45, 2.75) is 32.6 Å². The van der Waals surface area contributed by atoms with Crippen LogP contribution in [0.2, 0.25) is 0 Å². The van der Waals surface area contributed by atoms with E-state index in [2.05, 4.69) is 37.5 Å². The summed E-state index contributed by atoms with van der Waals surface area (Å²) in [6.45, 7) is 11.4. The number of hydrogen-bond acceptors (Lipinski definition) is 7. The number of carbonyl (C=O) groups excluding carboxylic acids is 1. The average molecular weight is 504 g/mol. The first-order valence-electron chi connectivity index (χ1n) is 12.4. The number of ether oxygens (including phenoxy) is 2. The molecule has 1 saturated heterocycles. The highest BCUT2D eigenvalue weighted by Gasteiger charge is 2.20. The van der Waals surface area contributed by atoms with Gasteiger partial charge in [0, 0.05) is 36.7 Å². The molecule has 1 aliphatic heterocycles. The van der Waals surface area contributed by atoms with E-state index in [1.54, 1.807) is 24.4 Å². The quantitative estimate of drug-likeness (QED) is 0.361. The lowest BCUT2D eigenvalue weighted by Crippen LogP contribution is -2.37. The van der Waals surface area contributed by atoms with Crippen molar-refractivity contribution in [2.75, 3.05) is 50.1 Å². The summed E-state index contributed by atoms with van der Waals surface area (Å²) in [6.07, 6.45) is 2.54. The third-order valence-corrected chi connectivity index (χ3v) is 5.69. The van der Waals surface area contributed by atoms with Crippen molar-refractivity contribution in [3.05, 3.63) is 65.7 Å². The van der Waals surface area contributed by atoms with Gasteiger partial charge in [-0.3, -0.25) is 10.2 Å². The maximum absolute atomic E-state index is 12.2. The topological polar surface area (TPSA) is 102 Å². The number of benzene rings is 1. The highest BCUT2D eigenvalue weighted by atomic mass is 16.5. The van der Waals surface area contributed by atoms with Crippen LogP contribution in [0.3, 0.4) is 0 Å². The fourth-order valence-corrected chi connectivity index (χ4v) is 3.58. The van der Waals surface area contributed by atoms with Gasteiger partial charge in [0.15, 0.2) is 5.82 Å². The maximum atomic E-state index is 12.2. The molecule has 1 aromatic carbocycles. The number of morpholine rings is 1.